The maximum absolute atomic E-state index is 13.0. The second-order valence-electron chi connectivity index (χ2n) is 8.18. The summed E-state index contributed by atoms with van der Waals surface area (Å²) in [7, 11) is 1.78. The molecule has 1 aliphatic heterocycles. The van der Waals surface area contributed by atoms with Gasteiger partial charge in [0.1, 0.15) is 0 Å². The van der Waals surface area contributed by atoms with Gasteiger partial charge >= 0.3 is 0 Å². The Bertz CT molecular complexity index is 990. The molecule has 30 heavy (non-hydrogen) atoms. The molecular weight excluding hydrogens is 392 g/mol. The number of aryl methyl sites for hydroxylation is 1. The molecule has 0 radical (unpaired) electrons. The Morgan fingerprint density at radius 2 is 1.83 bits per heavy atom. The number of anilines is 1. The van der Waals surface area contributed by atoms with Crippen LogP contribution < -0.4 is 10.2 Å². The maximum atomic E-state index is 13.0. The van der Waals surface area contributed by atoms with Gasteiger partial charge in [0, 0.05) is 23.5 Å². The van der Waals surface area contributed by atoms with Crippen LogP contribution in [0.4, 0.5) is 5.69 Å². The second kappa shape index (κ2) is 9.09. The highest BCUT2D eigenvalue weighted by Gasteiger charge is 2.28. The Labute approximate surface area is 182 Å². The van der Waals surface area contributed by atoms with Gasteiger partial charge in [0.15, 0.2) is 0 Å². The standard InChI is InChI=1S/C25H28N2O2S/c1-17-9-7-8-10-18(17)16-23-25(29)27(2)21-15-19(13-14-22(21)30-23)24(28)26-20-11-5-3-4-6-12-20/h7-10,13-16,20H,3-6,11-12H2,1-2H3,(H,26,28). The Hall–Kier alpha value is -2.53. The third kappa shape index (κ3) is 4.46. The number of nitrogens with one attached hydrogen (secondary N) is 1. The van der Waals surface area contributed by atoms with Gasteiger partial charge < -0.3 is 10.2 Å². The Morgan fingerprint density at radius 3 is 2.57 bits per heavy atom. The summed E-state index contributed by atoms with van der Waals surface area (Å²) in [5, 5.41) is 3.20. The average Bonchev–Trinajstić information content (AvgIpc) is 3.02. The normalized spacial score (nSPS) is 18.8. The zero-order valence-electron chi connectivity index (χ0n) is 17.6. The van der Waals surface area contributed by atoms with Crippen LogP contribution in [0.3, 0.4) is 0 Å². The van der Waals surface area contributed by atoms with Crippen molar-refractivity contribution in [1.82, 2.24) is 5.32 Å². The molecule has 4 rings (SSSR count). The summed E-state index contributed by atoms with van der Waals surface area (Å²) in [5.41, 5.74) is 3.59. The van der Waals surface area contributed by atoms with Crippen molar-refractivity contribution in [3.8, 4) is 0 Å². The number of hydrogen-bond acceptors (Lipinski definition) is 3. The number of fused-ring (bicyclic) bond motifs is 1. The topological polar surface area (TPSA) is 49.4 Å². The van der Waals surface area contributed by atoms with Gasteiger partial charge in [-0.15, -0.1) is 0 Å². The van der Waals surface area contributed by atoms with E-state index in [-0.39, 0.29) is 17.9 Å². The van der Waals surface area contributed by atoms with Crippen LogP contribution >= 0.6 is 11.8 Å². The highest BCUT2D eigenvalue weighted by atomic mass is 32.2. The Balaban J connectivity index is 1.55. The monoisotopic (exact) mass is 420 g/mol. The molecule has 0 aromatic heterocycles. The summed E-state index contributed by atoms with van der Waals surface area (Å²) < 4.78 is 0. The van der Waals surface area contributed by atoms with Crippen molar-refractivity contribution in [1.29, 1.82) is 0 Å². The highest BCUT2D eigenvalue weighted by molar-refractivity contribution is 8.04. The average molecular weight is 421 g/mol. The van der Waals surface area contributed by atoms with Gasteiger partial charge in [-0.3, -0.25) is 9.59 Å². The van der Waals surface area contributed by atoms with Crippen LogP contribution in [-0.4, -0.2) is 24.9 Å². The quantitative estimate of drug-likeness (QED) is 0.523. The molecule has 4 nitrogen and oxygen atoms in total. The second-order valence-corrected chi connectivity index (χ2v) is 9.26. The fourth-order valence-electron chi connectivity index (χ4n) is 4.12. The number of thioether (sulfide) groups is 1. The summed E-state index contributed by atoms with van der Waals surface area (Å²) in [5.74, 6) is -0.0890. The van der Waals surface area contributed by atoms with Crippen LogP contribution in [0.1, 0.15) is 60.0 Å². The molecule has 0 atom stereocenters. The Kier molecular flexibility index (Phi) is 6.28. The van der Waals surface area contributed by atoms with E-state index in [1.165, 1.54) is 37.4 Å². The van der Waals surface area contributed by atoms with E-state index in [4.69, 9.17) is 0 Å². The minimum Gasteiger partial charge on any atom is -0.349 e. The van der Waals surface area contributed by atoms with Gasteiger partial charge in [-0.25, -0.2) is 0 Å². The summed E-state index contributed by atoms with van der Waals surface area (Å²) in [6.07, 6.45) is 8.93. The van der Waals surface area contributed by atoms with Gasteiger partial charge in [-0.2, -0.15) is 0 Å². The first-order valence-corrected chi connectivity index (χ1v) is 11.5. The molecule has 2 amide bonds. The number of carbonyl (C=O) groups is 2. The van der Waals surface area contributed by atoms with Gasteiger partial charge in [0.25, 0.3) is 11.8 Å². The lowest BCUT2D eigenvalue weighted by molar-refractivity contribution is -0.114. The number of benzene rings is 2. The van der Waals surface area contributed by atoms with E-state index < -0.39 is 0 Å². The predicted molar refractivity (Wildman–Crippen MR) is 124 cm³/mol. The van der Waals surface area contributed by atoms with E-state index in [1.807, 2.05) is 55.5 Å². The molecule has 2 aromatic rings. The van der Waals surface area contributed by atoms with Crippen LogP contribution in [0.5, 0.6) is 0 Å². The molecule has 2 aliphatic rings. The van der Waals surface area contributed by atoms with Crippen LogP contribution in [0, 0.1) is 6.92 Å². The van der Waals surface area contributed by atoms with Crippen LogP contribution in [0.25, 0.3) is 6.08 Å². The predicted octanol–water partition coefficient (Wildman–Crippen LogP) is 5.56. The minimum atomic E-state index is -0.0446. The molecule has 1 N–H and O–H groups in total. The van der Waals surface area contributed by atoms with Gasteiger partial charge in [-0.1, -0.05) is 61.7 Å². The smallest absolute Gasteiger partial charge is 0.264 e. The lowest BCUT2D eigenvalue weighted by Gasteiger charge is -2.27. The zero-order valence-corrected chi connectivity index (χ0v) is 18.4. The van der Waals surface area contributed by atoms with Crippen molar-refractivity contribution in [2.45, 2.75) is 56.4 Å². The summed E-state index contributed by atoms with van der Waals surface area (Å²) in [6.45, 7) is 2.04. The van der Waals surface area contributed by atoms with Crippen LogP contribution in [0.15, 0.2) is 52.3 Å². The first-order valence-electron chi connectivity index (χ1n) is 10.7. The van der Waals surface area contributed by atoms with E-state index >= 15 is 0 Å². The van der Waals surface area contributed by atoms with Crippen LogP contribution in [0.2, 0.25) is 0 Å². The fourth-order valence-corrected chi connectivity index (χ4v) is 5.20. The number of likely N-dealkylation sites (N-methyl/N-ethyl adjacent to an activating group) is 1. The van der Waals surface area contributed by atoms with Crippen molar-refractivity contribution >= 4 is 35.3 Å². The van der Waals surface area contributed by atoms with E-state index in [0.29, 0.717) is 10.5 Å². The first-order chi connectivity index (χ1) is 14.5. The molecule has 1 saturated carbocycles. The molecule has 1 heterocycles. The SMILES string of the molecule is Cc1ccccc1C=C1Sc2ccc(C(=O)NC3CCCCCC3)cc2N(C)C1=O. The number of hydrogen-bond donors (Lipinski definition) is 1. The molecule has 1 fully saturated rings. The van der Waals surface area contributed by atoms with Crippen molar-refractivity contribution in [2.24, 2.45) is 0 Å². The maximum Gasteiger partial charge on any atom is 0.264 e. The largest absolute Gasteiger partial charge is 0.349 e. The van der Waals surface area contributed by atoms with E-state index in [2.05, 4.69) is 5.32 Å². The summed E-state index contributed by atoms with van der Waals surface area (Å²) >= 11 is 1.47. The molecule has 0 spiro atoms. The lowest BCUT2D eigenvalue weighted by Crippen LogP contribution is -2.35. The molecule has 0 bridgehead atoms. The third-order valence-corrected chi connectivity index (χ3v) is 7.06. The molecule has 0 unspecified atom stereocenters. The molecule has 2 aromatic carbocycles. The number of amides is 2. The minimum absolute atomic E-state index is 0.0444. The lowest BCUT2D eigenvalue weighted by atomic mass is 10.1. The van der Waals surface area contributed by atoms with Crippen LogP contribution in [-0.2, 0) is 4.79 Å². The van der Waals surface area contributed by atoms with E-state index in [0.717, 1.165) is 34.6 Å². The van der Waals surface area contributed by atoms with Crippen molar-refractivity contribution in [3.63, 3.8) is 0 Å². The van der Waals surface area contributed by atoms with E-state index in [1.54, 1.807) is 11.9 Å². The molecule has 156 valence electrons. The van der Waals surface area contributed by atoms with Gasteiger partial charge in [0.05, 0.1) is 10.6 Å². The molecular formula is C25H28N2O2S. The highest BCUT2D eigenvalue weighted by Crippen LogP contribution is 2.42. The fraction of sp³-hybridized carbons (Fsp3) is 0.360. The number of carbonyl (C=O) groups excluding carboxylic acids is 2. The van der Waals surface area contributed by atoms with Crippen molar-refractivity contribution in [2.75, 3.05) is 11.9 Å². The first kappa shape index (κ1) is 20.7. The van der Waals surface area contributed by atoms with Gasteiger partial charge in [-0.05, 0) is 55.2 Å². The molecule has 5 heteroatoms. The summed E-state index contributed by atoms with van der Waals surface area (Å²) in [4.78, 5) is 29.1. The Morgan fingerprint density at radius 1 is 1.10 bits per heavy atom. The van der Waals surface area contributed by atoms with Crippen molar-refractivity contribution < 1.29 is 9.59 Å². The third-order valence-electron chi connectivity index (χ3n) is 5.98. The number of rotatable bonds is 3. The van der Waals surface area contributed by atoms with E-state index in [9.17, 15) is 9.59 Å². The summed E-state index contributed by atoms with van der Waals surface area (Å²) in [6, 6.07) is 14.0. The molecule has 1 aliphatic carbocycles. The van der Waals surface area contributed by atoms with Gasteiger partial charge in [0.2, 0.25) is 0 Å². The van der Waals surface area contributed by atoms with Crippen molar-refractivity contribution in [3.05, 3.63) is 64.1 Å². The number of nitrogens with zero attached hydrogens (tertiary/aromatic N) is 1. The molecule has 0 saturated heterocycles. The zero-order chi connectivity index (χ0) is 21.1.